The van der Waals surface area contributed by atoms with Crippen molar-refractivity contribution in [3.8, 4) is 0 Å². The van der Waals surface area contributed by atoms with Gasteiger partial charge < -0.3 is 5.11 Å². The van der Waals surface area contributed by atoms with Gasteiger partial charge in [0.15, 0.2) is 0 Å². The molecule has 1 unspecified atom stereocenters. The number of nitrogens with zero attached hydrogens (tertiary/aromatic N) is 1. The van der Waals surface area contributed by atoms with Crippen molar-refractivity contribution in [1.82, 2.24) is 4.90 Å². The zero-order valence-electron chi connectivity index (χ0n) is 13.0. The number of likely N-dealkylation sites (tertiary alicyclic amines) is 1. The van der Waals surface area contributed by atoms with E-state index in [9.17, 15) is 9.90 Å². The van der Waals surface area contributed by atoms with Gasteiger partial charge >= 0.3 is 5.97 Å². The third-order valence-corrected chi connectivity index (χ3v) is 7.37. The van der Waals surface area contributed by atoms with Crippen molar-refractivity contribution < 1.29 is 9.90 Å². The molecular formula is C17H20BrNO2S2. The normalized spacial score (nSPS) is 18.2. The number of piperidine rings is 1. The average molecular weight is 414 g/mol. The molecule has 0 aromatic carbocycles. The fraction of sp³-hybridized carbons (Fsp3) is 0.471. The molecule has 3 heterocycles. The highest BCUT2D eigenvalue weighted by atomic mass is 79.9. The molecule has 0 amide bonds. The van der Waals surface area contributed by atoms with Crippen molar-refractivity contribution in [2.45, 2.75) is 32.2 Å². The van der Waals surface area contributed by atoms with Gasteiger partial charge in [0, 0.05) is 14.6 Å². The molecule has 124 valence electrons. The van der Waals surface area contributed by atoms with Crippen LogP contribution in [0, 0.1) is 5.92 Å². The number of hydrogen-bond donors (Lipinski definition) is 1. The number of carbonyl (C=O) groups is 1. The van der Waals surface area contributed by atoms with Crippen LogP contribution >= 0.6 is 38.6 Å². The zero-order chi connectivity index (χ0) is 16.4. The van der Waals surface area contributed by atoms with Crippen LogP contribution < -0.4 is 0 Å². The first-order valence-electron chi connectivity index (χ1n) is 7.89. The molecule has 0 radical (unpaired) electrons. The van der Waals surface area contributed by atoms with Gasteiger partial charge in [-0.1, -0.05) is 6.92 Å². The van der Waals surface area contributed by atoms with E-state index in [1.165, 1.54) is 14.6 Å². The van der Waals surface area contributed by atoms with E-state index in [0.29, 0.717) is 0 Å². The van der Waals surface area contributed by atoms with Crippen LogP contribution in [0.4, 0.5) is 0 Å². The van der Waals surface area contributed by atoms with Crippen LogP contribution in [0.15, 0.2) is 28.1 Å². The highest BCUT2D eigenvalue weighted by Crippen LogP contribution is 2.40. The molecule has 0 saturated carbocycles. The third kappa shape index (κ3) is 3.87. The topological polar surface area (TPSA) is 40.5 Å². The second-order valence-electron chi connectivity index (χ2n) is 5.85. The zero-order valence-corrected chi connectivity index (χ0v) is 16.2. The number of hydrogen-bond acceptors (Lipinski definition) is 4. The first-order valence-corrected chi connectivity index (χ1v) is 10.3. The number of rotatable bonds is 5. The van der Waals surface area contributed by atoms with Crippen LogP contribution in [-0.2, 0) is 11.2 Å². The Kier molecular flexibility index (Phi) is 5.57. The van der Waals surface area contributed by atoms with Crippen molar-refractivity contribution >= 4 is 44.6 Å². The molecule has 6 heteroatoms. The highest BCUT2D eigenvalue weighted by molar-refractivity contribution is 9.11. The summed E-state index contributed by atoms with van der Waals surface area (Å²) in [5.74, 6) is -0.832. The lowest BCUT2D eigenvalue weighted by atomic mass is 9.95. The van der Waals surface area contributed by atoms with E-state index in [4.69, 9.17) is 0 Å². The maximum atomic E-state index is 11.2. The molecular weight excluding hydrogens is 394 g/mol. The molecule has 1 N–H and O–H groups in total. The van der Waals surface area contributed by atoms with E-state index in [2.05, 4.69) is 52.0 Å². The molecule has 3 nitrogen and oxygen atoms in total. The molecule has 2 aromatic heterocycles. The standard InChI is InChI=1S/C17H20BrNO2S2/c1-2-12-3-4-13(22-12)16(14-5-6-15(18)23-14)19-9-7-11(8-10-19)17(20)21/h3-6,11,16H,2,7-10H2,1H3,(H,20,21). The minimum Gasteiger partial charge on any atom is -0.481 e. The van der Waals surface area contributed by atoms with Gasteiger partial charge in [-0.15, -0.1) is 22.7 Å². The Labute approximate surface area is 153 Å². The van der Waals surface area contributed by atoms with E-state index in [1.54, 1.807) is 11.3 Å². The molecule has 1 fully saturated rings. The van der Waals surface area contributed by atoms with Gasteiger partial charge in [0.2, 0.25) is 0 Å². The number of carboxylic acid groups (broad SMARTS) is 1. The summed E-state index contributed by atoms with van der Waals surface area (Å²) < 4.78 is 1.14. The summed E-state index contributed by atoms with van der Waals surface area (Å²) in [5, 5.41) is 9.22. The minimum atomic E-state index is -0.649. The number of aryl methyl sites for hydroxylation is 1. The molecule has 23 heavy (non-hydrogen) atoms. The molecule has 0 bridgehead atoms. The largest absolute Gasteiger partial charge is 0.481 e. The lowest BCUT2D eigenvalue weighted by Gasteiger charge is -2.35. The summed E-state index contributed by atoms with van der Waals surface area (Å²) in [4.78, 5) is 17.7. The Morgan fingerprint density at radius 3 is 2.43 bits per heavy atom. The average Bonchev–Trinajstić information content (AvgIpc) is 3.18. The Morgan fingerprint density at radius 2 is 1.91 bits per heavy atom. The Bertz CT molecular complexity index is 674. The quantitative estimate of drug-likeness (QED) is 0.747. The summed E-state index contributed by atoms with van der Waals surface area (Å²) >= 11 is 7.22. The van der Waals surface area contributed by atoms with Gasteiger partial charge in [-0.2, -0.15) is 0 Å². The fourth-order valence-electron chi connectivity index (χ4n) is 3.11. The number of aliphatic carboxylic acids is 1. The summed E-state index contributed by atoms with van der Waals surface area (Å²) in [6.07, 6.45) is 2.54. The second kappa shape index (κ2) is 7.47. The molecule has 1 atom stereocenters. The summed E-state index contributed by atoms with van der Waals surface area (Å²) in [6, 6.07) is 9.01. The molecule has 1 saturated heterocycles. The van der Waals surface area contributed by atoms with Gasteiger partial charge in [0.05, 0.1) is 15.7 Å². The molecule has 2 aromatic rings. The summed E-state index contributed by atoms with van der Waals surface area (Å²) in [7, 11) is 0. The van der Waals surface area contributed by atoms with Crippen LogP contribution in [0.2, 0.25) is 0 Å². The second-order valence-corrected chi connectivity index (χ2v) is 9.55. The van der Waals surface area contributed by atoms with Crippen LogP contribution in [-0.4, -0.2) is 29.1 Å². The van der Waals surface area contributed by atoms with Gasteiger partial charge in [-0.25, -0.2) is 0 Å². The molecule has 1 aliphatic heterocycles. The Hall–Kier alpha value is -0.690. The van der Waals surface area contributed by atoms with E-state index in [1.807, 2.05) is 11.3 Å². The minimum absolute atomic E-state index is 0.184. The van der Waals surface area contributed by atoms with E-state index in [-0.39, 0.29) is 12.0 Å². The third-order valence-electron chi connectivity index (χ3n) is 4.41. The summed E-state index contributed by atoms with van der Waals surface area (Å²) in [5.41, 5.74) is 0. The number of halogens is 1. The number of thiophene rings is 2. The Morgan fingerprint density at radius 1 is 1.26 bits per heavy atom. The number of carboxylic acids is 1. The van der Waals surface area contributed by atoms with E-state index in [0.717, 1.165) is 36.1 Å². The van der Waals surface area contributed by atoms with Crippen molar-refractivity contribution in [1.29, 1.82) is 0 Å². The van der Waals surface area contributed by atoms with Crippen molar-refractivity contribution in [3.63, 3.8) is 0 Å². The van der Waals surface area contributed by atoms with E-state index < -0.39 is 5.97 Å². The van der Waals surface area contributed by atoms with Crippen molar-refractivity contribution in [2.24, 2.45) is 5.92 Å². The predicted octanol–water partition coefficient (Wildman–Crippen LogP) is 5.02. The maximum Gasteiger partial charge on any atom is 0.306 e. The van der Waals surface area contributed by atoms with Crippen molar-refractivity contribution in [2.75, 3.05) is 13.1 Å². The first kappa shape index (κ1) is 17.1. The lowest BCUT2D eigenvalue weighted by molar-refractivity contribution is -0.143. The highest BCUT2D eigenvalue weighted by Gasteiger charge is 2.31. The fourth-order valence-corrected chi connectivity index (χ4v) is 5.87. The van der Waals surface area contributed by atoms with Crippen LogP contribution in [0.1, 0.15) is 40.4 Å². The van der Waals surface area contributed by atoms with E-state index >= 15 is 0 Å². The molecule has 0 aliphatic carbocycles. The Balaban J connectivity index is 1.85. The van der Waals surface area contributed by atoms with Gasteiger partial charge in [-0.3, -0.25) is 9.69 Å². The smallest absolute Gasteiger partial charge is 0.306 e. The first-order chi connectivity index (χ1) is 11.1. The van der Waals surface area contributed by atoms with Gasteiger partial charge in [0.25, 0.3) is 0 Å². The van der Waals surface area contributed by atoms with Gasteiger partial charge in [-0.05, 0) is 72.5 Å². The van der Waals surface area contributed by atoms with Crippen LogP contribution in [0.3, 0.4) is 0 Å². The van der Waals surface area contributed by atoms with Crippen molar-refractivity contribution in [3.05, 3.63) is 42.7 Å². The van der Waals surface area contributed by atoms with Crippen LogP contribution in [0.5, 0.6) is 0 Å². The monoisotopic (exact) mass is 413 g/mol. The SMILES string of the molecule is CCc1ccc(C(c2ccc(Br)s2)N2CCC(C(=O)O)CC2)s1. The maximum absolute atomic E-state index is 11.2. The van der Waals surface area contributed by atoms with Crippen LogP contribution in [0.25, 0.3) is 0 Å². The van der Waals surface area contributed by atoms with Gasteiger partial charge in [0.1, 0.15) is 0 Å². The summed E-state index contributed by atoms with van der Waals surface area (Å²) in [6.45, 7) is 3.87. The predicted molar refractivity (Wildman–Crippen MR) is 99.5 cm³/mol. The molecule has 3 rings (SSSR count). The molecule has 1 aliphatic rings. The lowest BCUT2D eigenvalue weighted by Crippen LogP contribution is -2.38. The molecule has 0 spiro atoms.